The number of pyridine rings is 1. The van der Waals surface area contributed by atoms with Gasteiger partial charge in [0, 0.05) is 19.2 Å². The normalized spacial score (nSPS) is 11.3. The van der Waals surface area contributed by atoms with Crippen LogP contribution in [0.15, 0.2) is 33.5 Å². The highest BCUT2D eigenvalue weighted by Crippen LogP contribution is 2.26. The maximum atomic E-state index is 14.2. The number of fused-ring (bicyclic) bond motifs is 1. The molecule has 5 nitrogen and oxygen atoms in total. The molecule has 0 radical (unpaired) electrons. The van der Waals surface area contributed by atoms with Gasteiger partial charge in [0.1, 0.15) is 23.1 Å². The molecular weight excluding hydrogens is 413 g/mol. The molecule has 0 amide bonds. The average Bonchev–Trinajstić information content (AvgIpc) is 2.59. The molecule has 0 aliphatic carbocycles. The van der Waals surface area contributed by atoms with Crippen molar-refractivity contribution in [2.24, 2.45) is 7.05 Å². The van der Waals surface area contributed by atoms with Crippen LogP contribution in [0.1, 0.15) is 23.4 Å². The molecule has 136 valence electrons. The smallest absolute Gasteiger partial charge is 0.266 e. The van der Waals surface area contributed by atoms with Crippen molar-refractivity contribution in [1.29, 1.82) is 0 Å². The Morgan fingerprint density at radius 3 is 2.73 bits per heavy atom. The van der Waals surface area contributed by atoms with Crippen LogP contribution < -0.4 is 10.9 Å². The average molecular weight is 427 g/mol. The minimum absolute atomic E-state index is 0.0432. The standard InChI is InChI=1S/C17H14BrF3N4O/c1-8-23-15(11-6-12(18)17(26)25(2)16(11)24-8)22-7-9-4-3-5-10(13(9)19)14(20)21/h3-6,14H,7H2,1-2H3,(H,22,23,24). The third-order valence-electron chi connectivity index (χ3n) is 3.92. The fourth-order valence-electron chi connectivity index (χ4n) is 2.62. The third-order valence-corrected chi connectivity index (χ3v) is 4.49. The zero-order valence-corrected chi connectivity index (χ0v) is 15.4. The van der Waals surface area contributed by atoms with Crippen LogP contribution >= 0.6 is 15.9 Å². The predicted octanol–water partition coefficient (Wildman–Crippen LogP) is 4.09. The summed E-state index contributed by atoms with van der Waals surface area (Å²) in [5.41, 5.74) is -0.387. The van der Waals surface area contributed by atoms with Gasteiger partial charge in [0.15, 0.2) is 0 Å². The predicted molar refractivity (Wildman–Crippen MR) is 95.9 cm³/mol. The second-order valence-corrected chi connectivity index (χ2v) is 6.54. The van der Waals surface area contributed by atoms with Gasteiger partial charge >= 0.3 is 0 Å². The highest BCUT2D eigenvalue weighted by molar-refractivity contribution is 9.10. The number of nitrogens with one attached hydrogen (secondary N) is 1. The van der Waals surface area contributed by atoms with Crippen LogP contribution in [0.2, 0.25) is 0 Å². The van der Waals surface area contributed by atoms with Gasteiger partial charge in [0.05, 0.1) is 15.4 Å². The number of aryl methyl sites for hydroxylation is 2. The summed E-state index contributed by atoms with van der Waals surface area (Å²) in [6.45, 7) is 1.62. The van der Waals surface area contributed by atoms with Crippen molar-refractivity contribution in [2.45, 2.75) is 19.9 Å². The SMILES string of the molecule is Cc1nc(NCc2cccc(C(F)F)c2F)c2cc(Br)c(=O)n(C)c2n1. The first-order chi connectivity index (χ1) is 12.3. The van der Waals surface area contributed by atoms with Crippen molar-refractivity contribution in [2.75, 3.05) is 5.32 Å². The van der Waals surface area contributed by atoms with E-state index in [1.54, 1.807) is 20.0 Å². The van der Waals surface area contributed by atoms with E-state index in [2.05, 4.69) is 31.2 Å². The molecule has 3 rings (SSSR count). The van der Waals surface area contributed by atoms with Crippen LogP contribution in [0, 0.1) is 12.7 Å². The first-order valence-electron chi connectivity index (χ1n) is 7.62. The van der Waals surface area contributed by atoms with Gasteiger partial charge < -0.3 is 5.32 Å². The van der Waals surface area contributed by atoms with Crippen LogP contribution in [-0.4, -0.2) is 14.5 Å². The van der Waals surface area contributed by atoms with E-state index in [1.807, 2.05) is 0 Å². The van der Waals surface area contributed by atoms with Gasteiger partial charge in [-0.3, -0.25) is 9.36 Å². The van der Waals surface area contributed by atoms with Crippen molar-refractivity contribution in [3.63, 3.8) is 0 Å². The molecule has 1 aromatic carbocycles. The van der Waals surface area contributed by atoms with Crippen molar-refractivity contribution in [3.8, 4) is 0 Å². The molecule has 9 heteroatoms. The second kappa shape index (κ2) is 7.06. The first kappa shape index (κ1) is 18.4. The molecule has 3 aromatic rings. The first-order valence-corrected chi connectivity index (χ1v) is 8.42. The Morgan fingerprint density at radius 2 is 2.04 bits per heavy atom. The van der Waals surface area contributed by atoms with E-state index in [1.165, 1.54) is 16.7 Å². The molecule has 1 N–H and O–H groups in total. The van der Waals surface area contributed by atoms with Gasteiger partial charge in [-0.05, 0) is 28.9 Å². The number of halogens is 4. The molecule has 0 saturated carbocycles. The molecule has 0 atom stereocenters. The Hall–Kier alpha value is -2.42. The van der Waals surface area contributed by atoms with E-state index in [9.17, 15) is 18.0 Å². The molecule has 0 spiro atoms. The maximum absolute atomic E-state index is 14.2. The summed E-state index contributed by atoms with van der Waals surface area (Å²) in [6, 6.07) is 5.44. The molecule has 0 aliphatic rings. The summed E-state index contributed by atoms with van der Waals surface area (Å²) in [7, 11) is 1.58. The second-order valence-electron chi connectivity index (χ2n) is 5.69. The van der Waals surface area contributed by atoms with E-state index in [4.69, 9.17) is 0 Å². The number of rotatable bonds is 4. The summed E-state index contributed by atoms with van der Waals surface area (Å²) in [6.07, 6.45) is -2.89. The molecular formula is C17H14BrF3N4O. The van der Waals surface area contributed by atoms with E-state index in [-0.39, 0.29) is 17.7 Å². The number of nitrogens with zero attached hydrogens (tertiary/aromatic N) is 3. The number of benzene rings is 1. The molecule has 0 unspecified atom stereocenters. The van der Waals surface area contributed by atoms with Gasteiger partial charge in [-0.25, -0.2) is 23.1 Å². The van der Waals surface area contributed by atoms with Crippen molar-refractivity contribution in [3.05, 3.63) is 61.9 Å². The van der Waals surface area contributed by atoms with Crippen molar-refractivity contribution >= 4 is 32.8 Å². The van der Waals surface area contributed by atoms with E-state index >= 15 is 0 Å². The Morgan fingerprint density at radius 1 is 1.31 bits per heavy atom. The fourth-order valence-corrected chi connectivity index (χ4v) is 3.11. The highest BCUT2D eigenvalue weighted by Gasteiger charge is 2.17. The summed E-state index contributed by atoms with van der Waals surface area (Å²) >= 11 is 3.19. The van der Waals surface area contributed by atoms with Crippen molar-refractivity contribution in [1.82, 2.24) is 14.5 Å². The van der Waals surface area contributed by atoms with Gasteiger partial charge in [-0.15, -0.1) is 0 Å². The lowest BCUT2D eigenvalue weighted by atomic mass is 10.1. The van der Waals surface area contributed by atoms with Gasteiger partial charge in [0.2, 0.25) is 0 Å². The topological polar surface area (TPSA) is 59.8 Å². The van der Waals surface area contributed by atoms with Crippen LogP contribution in [0.3, 0.4) is 0 Å². The maximum Gasteiger partial charge on any atom is 0.266 e. The van der Waals surface area contributed by atoms with Crippen LogP contribution in [-0.2, 0) is 13.6 Å². The van der Waals surface area contributed by atoms with Gasteiger partial charge in [-0.2, -0.15) is 0 Å². The Kier molecular flexibility index (Phi) is 4.99. The monoisotopic (exact) mass is 426 g/mol. The lowest BCUT2D eigenvalue weighted by Gasteiger charge is -2.13. The number of hydrogen-bond acceptors (Lipinski definition) is 4. The molecule has 0 fully saturated rings. The Labute approximate surface area is 155 Å². The molecule has 0 saturated heterocycles. The zero-order chi connectivity index (χ0) is 19.0. The lowest BCUT2D eigenvalue weighted by molar-refractivity contribution is 0.146. The van der Waals surface area contributed by atoms with Gasteiger partial charge in [0.25, 0.3) is 12.0 Å². The summed E-state index contributed by atoms with van der Waals surface area (Å²) in [5.74, 6) is -0.150. The summed E-state index contributed by atoms with van der Waals surface area (Å²) in [5, 5.41) is 3.50. The minimum Gasteiger partial charge on any atom is -0.365 e. The third kappa shape index (κ3) is 3.31. The highest BCUT2D eigenvalue weighted by atomic mass is 79.9. The van der Waals surface area contributed by atoms with Gasteiger partial charge in [-0.1, -0.05) is 18.2 Å². The summed E-state index contributed by atoms with van der Waals surface area (Å²) < 4.78 is 41.6. The molecule has 0 aliphatic heterocycles. The molecule has 2 aromatic heterocycles. The fraction of sp³-hybridized carbons (Fsp3) is 0.235. The molecule has 26 heavy (non-hydrogen) atoms. The van der Waals surface area contributed by atoms with Crippen LogP contribution in [0.5, 0.6) is 0 Å². The lowest BCUT2D eigenvalue weighted by Crippen LogP contribution is -2.19. The molecule has 0 bridgehead atoms. The number of alkyl halides is 2. The number of aromatic nitrogens is 3. The Bertz CT molecular complexity index is 1050. The number of anilines is 1. The van der Waals surface area contributed by atoms with E-state index in [0.717, 1.165) is 6.07 Å². The van der Waals surface area contributed by atoms with E-state index in [0.29, 0.717) is 27.1 Å². The molecule has 2 heterocycles. The van der Waals surface area contributed by atoms with E-state index < -0.39 is 17.8 Å². The zero-order valence-electron chi connectivity index (χ0n) is 13.9. The largest absolute Gasteiger partial charge is 0.365 e. The number of hydrogen-bond donors (Lipinski definition) is 1. The quantitative estimate of drug-likeness (QED) is 0.682. The Balaban J connectivity index is 2.03. The van der Waals surface area contributed by atoms with Crippen molar-refractivity contribution < 1.29 is 13.2 Å². The summed E-state index contributed by atoms with van der Waals surface area (Å²) in [4.78, 5) is 20.6. The van der Waals surface area contributed by atoms with Crippen LogP contribution in [0.4, 0.5) is 19.0 Å². The van der Waals surface area contributed by atoms with Crippen LogP contribution in [0.25, 0.3) is 11.0 Å². The minimum atomic E-state index is -2.89.